The molecule has 1 saturated carbocycles. The number of ether oxygens (including phenoxy) is 2. The summed E-state index contributed by atoms with van der Waals surface area (Å²) in [6.45, 7) is 0.970. The first kappa shape index (κ1) is 16.9. The van der Waals surface area contributed by atoms with E-state index in [9.17, 15) is 14.4 Å². The topological polar surface area (TPSA) is 146 Å². The highest BCUT2D eigenvalue weighted by Gasteiger charge is 2.35. The maximum atomic E-state index is 12.2. The van der Waals surface area contributed by atoms with Crippen LogP contribution in [0.1, 0.15) is 24.4 Å². The molecule has 9 heteroatoms. The Morgan fingerprint density at radius 1 is 1.00 bits per heavy atom. The van der Waals surface area contributed by atoms with Crippen molar-refractivity contribution in [2.24, 2.45) is 17.4 Å². The molecule has 1 aliphatic heterocycles. The van der Waals surface area contributed by atoms with E-state index in [1.807, 2.05) is 12.1 Å². The highest BCUT2D eigenvalue weighted by Crippen LogP contribution is 2.43. The van der Waals surface area contributed by atoms with E-state index in [0.717, 1.165) is 18.4 Å². The highest BCUT2D eigenvalue weighted by molar-refractivity contribution is 6.05. The first-order valence-electron chi connectivity index (χ1n) is 8.01. The second-order valence-corrected chi connectivity index (χ2v) is 6.07. The van der Waals surface area contributed by atoms with E-state index < -0.39 is 23.9 Å². The van der Waals surface area contributed by atoms with Crippen LogP contribution in [-0.2, 0) is 9.59 Å². The quantitative estimate of drug-likeness (QED) is 0.514. The molecule has 0 unspecified atom stereocenters. The highest BCUT2D eigenvalue weighted by atomic mass is 16.6. The second-order valence-electron chi connectivity index (χ2n) is 6.07. The van der Waals surface area contributed by atoms with Crippen molar-refractivity contribution >= 4 is 17.8 Å². The predicted molar refractivity (Wildman–Crippen MR) is 86.7 cm³/mol. The number of rotatable bonds is 6. The normalized spacial score (nSPS) is 16.8. The molecule has 3 rings (SSSR count). The van der Waals surface area contributed by atoms with Crippen LogP contribution in [0.2, 0.25) is 0 Å². The Bertz CT molecular complexity index is 690. The molecule has 134 valence electrons. The molecular formula is C16H20N4O5. The molecule has 9 nitrogen and oxygen atoms in total. The van der Waals surface area contributed by atoms with Gasteiger partial charge in [-0.2, -0.15) is 0 Å². The van der Waals surface area contributed by atoms with E-state index in [-0.39, 0.29) is 12.0 Å². The zero-order valence-electron chi connectivity index (χ0n) is 13.5. The lowest BCUT2D eigenvalue weighted by Crippen LogP contribution is -2.55. The fraction of sp³-hybridized carbons (Fsp3) is 0.438. The van der Waals surface area contributed by atoms with E-state index in [2.05, 4.69) is 10.6 Å². The third-order valence-corrected chi connectivity index (χ3v) is 4.15. The minimum atomic E-state index is -1.56. The zero-order chi connectivity index (χ0) is 18.0. The van der Waals surface area contributed by atoms with Gasteiger partial charge in [-0.1, -0.05) is 6.07 Å². The number of benzene rings is 1. The van der Waals surface area contributed by atoms with Gasteiger partial charge in [-0.15, -0.1) is 0 Å². The summed E-state index contributed by atoms with van der Waals surface area (Å²) in [5.74, 6) is -0.455. The first-order chi connectivity index (χ1) is 12.0. The van der Waals surface area contributed by atoms with Crippen molar-refractivity contribution in [1.29, 1.82) is 0 Å². The molecule has 0 radical (unpaired) electrons. The Hall–Kier alpha value is -2.97. The number of hydrogen-bond donors (Lipinski definition) is 4. The van der Waals surface area contributed by atoms with Crippen molar-refractivity contribution in [3.05, 3.63) is 23.8 Å². The summed E-state index contributed by atoms with van der Waals surface area (Å²) in [5, 5.41) is 4.99. The zero-order valence-corrected chi connectivity index (χ0v) is 13.5. The molecule has 1 aromatic carbocycles. The first-order valence-corrected chi connectivity index (χ1v) is 8.01. The van der Waals surface area contributed by atoms with Gasteiger partial charge in [0.05, 0.1) is 6.04 Å². The lowest BCUT2D eigenvalue weighted by Gasteiger charge is -2.23. The molecule has 4 amide bonds. The van der Waals surface area contributed by atoms with E-state index >= 15 is 0 Å². The number of urea groups is 1. The number of hydrogen-bond acceptors (Lipinski definition) is 5. The van der Waals surface area contributed by atoms with Crippen molar-refractivity contribution in [3.8, 4) is 11.5 Å². The largest absolute Gasteiger partial charge is 0.486 e. The molecule has 0 saturated heterocycles. The molecular weight excluding hydrogens is 328 g/mol. The maximum Gasteiger partial charge on any atom is 0.316 e. The van der Waals surface area contributed by atoms with E-state index in [0.29, 0.717) is 24.7 Å². The summed E-state index contributed by atoms with van der Waals surface area (Å²) in [4.78, 5) is 34.5. The Kier molecular flexibility index (Phi) is 4.64. The van der Waals surface area contributed by atoms with Gasteiger partial charge in [0.1, 0.15) is 13.2 Å². The minimum absolute atomic E-state index is 0.272. The number of amides is 4. The number of carbonyl (C=O) groups is 3. The SMILES string of the molecule is NC(=O)C(NC(=O)N[C@@H](c1ccc2c(c1)OCCO2)C1CC1)C(N)=O. The van der Waals surface area contributed by atoms with Gasteiger partial charge >= 0.3 is 6.03 Å². The van der Waals surface area contributed by atoms with E-state index in [4.69, 9.17) is 20.9 Å². The molecule has 1 aliphatic carbocycles. The van der Waals surface area contributed by atoms with E-state index in [1.54, 1.807) is 6.07 Å². The standard InChI is InChI=1S/C16H20N4O5/c17-14(21)13(15(18)22)20-16(23)19-12(8-1-2-8)9-3-4-10-11(7-9)25-6-5-24-10/h3-4,7-8,12-13H,1-2,5-6H2,(H2,17,21)(H2,18,22)(H2,19,20,23)/t12-/m1/s1. The van der Waals surface area contributed by atoms with Crippen molar-refractivity contribution < 1.29 is 23.9 Å². The third-order valence-electron chi connectivity index (χ3n) is 4.15. The number of carbonyl (C=O) groups excluding carboxylic acids is 3. The summed E-state index contributed by atoms with van der Waals surface area (Å²) >= 11 is 0. The van der Waals surface area contributed by atoms with Crippen LogP contribution in [0.5, 0.6) is 11.5 Å². The molecule has 1 heterocycles. The van der Waals surface area contributed by atoms with Crippen LogP contribution < -0.4 is 31.6 Å². The van der Waals surface area contributed by atoms with Crippen LogP contribution in [0.4, 0.5) is 4.79 Å². The maximum absolute atomic E-state index is 12.2. The van der Waals surface area contributed by atoms with Gasteiger partial charge < -0.3 is 31.6 Å². The Morgan fingerprint density at radius 3 is 2.24 bits per heavy atom. The number of primary amides is 2. The number of nitrogens with one attached hydrogen (secondary N) is 2. The predicted octanol–water partition coefficient (Wildman–Crippen LogP) is -0.453. The molecule has 1 aromatic rings. The van der Waals surface area contributed by atoms with Gasteiger partial charge in [0.2, 0.25) is 11.8 Å². The summed E-state index contributed by atoms with van der Waals surface area (Å²) in [6, 6.07) is 2.97. The van der Waals surface area contributed by atoms with Gasteiger partial charge in [0.25, 0.3) is 0 Å². The van der Waals surface area contributed by atoms with Crippen LogP contribution >= 0.6 is 0 Å². The van der Waals surface area contributed by atoms with Crippen molar-refractivity contribution in [1.82, 2.24) is 10.6 Å². The summed E-state index contributed by atoms with van der Waals surface area (Å²) < 4.78 is 11.1. The molecule has 0 bridgehead atoms. The van der Waals surface area contributed by atoms with Crippen LogP contribution in [-0.4, -0.2) is 37.1 Å². The monoisotopic (exact) mass is 348 g/mol. The fourth-order valence-electron chi connectivity index (χ4n) is 2.75. The number of nitrogens with two attached hydrogens (primary N) is 2. The molecule has 0 aromatic heterocycles. The molecule has 0 spiro atoms. The second kappa shape index (κ2) is 6.88. The Labute approximate surface area is 144 Å². The number of fused-ring (bicyclic) bond motifs is 1. The lowest BCUT2D eigenvalue weighted by molar-refractivity contribution is -0.128. The van der Waals surface area contributed by atoms with Gasteiger partial charge in [-0.25, -0.2) is 4.79 Å². The van der Waals surface area contributed by atoms with Gasteiger partial charge in [0.15, 0.2) is 17.5 Å². The molecule has 1 atom stereocenters. The van der Waals surface area contributed by atoms with Crippen LogP contribution in [0.15, 0.2) is 18.2 Å². The van der Waals surface area contributed by atoms with Crippen molar-refractivity contribution in [2.75, 3.05) is 13.2 Å². The molecule has 1 fully saturated rings. The Balaban J connectivity index is 1.72. The lowest BCUT2D eigenvalue weighted by atomic mass is 10.0. The van der Waals surface area contributed by atoms with Crippen molar-refractivity contribution in [2.45, 2.75) is 24.9 Å². The van der Waals surface area contributed by atoms with Crippen LogP contribution in [0.25, 0.3) is 0 Å². The summed E-state index contributed by atoms with van der Waals surface area (Å²) in [7, 11) is 0. The van der Waals surface area contributed by atoms with Crippen LogP contribution in [0.3, 0.4) is 0 Å². The van der Waals surface area contributed by atoms with E-state index in [1.165, 1.54) is 0 Å². The van der Waals surface area contributed by atoms with Gasteiger partial charge in [-0.05, 0) is 36.5 Å². The fourth-order valence-corrected chi connectivity index (χ4v) is 2.75. The molecule has 25 heavy (non-hydrogen) atoms. The van der Waals surface area contributed by atoms with Gasteiger partial charge in [-0.3, -0.25) is 9.59 Å². The molecule has 6 N–H and O–H groups in total. The summed E-state index contributed by atoms with van der Waals surface area (Å²) in [5.41, 5.74) is 11.0. The van der Waals surface area contributed by atoms with Crippen LogP contribution in [0, 0.1) is 5.92 Å². The average Bonchev–Trinajstić information content (AvgIpc) is 3.41. The Morgan fingerprint density at radius 2 is 1.64 bits per heavy atom. The smallest absolute Gasteiger partial charge is 0.316 e. The minimum Gasteiger partial charge on any atom is -0.486 e. The van der Waals surface area contributed by atoms with Crippen molar-refractivity contribution in [3.63, 3.8) is 0 Å². The van der Waals surface area contributed by atoms with Gasteiger partial charge in [0, 0.05) is 0 Å². The summed E-state index contributed by atoms with van der Waals surface area (Å²) in [6.07, 6.45) is 1.93. The molecule has 2 aliphatic rings. The third kappa shape index (κ3) is 3.93. The average molecular weight is 348 g/mol.